The molecule has 1 aliphatic carbocycles. The first kappa shape index (κ1) is 13.9. The number of imidazole rings is 1. The second-order valence-corrected chi connectivity index (χ2v) is 6.78. The first-order valence-electron chi connectivity index (χ1n) is 7.44. The Hall–Kier alpha value is -2.77. The highest BCUT2D eigenvalue weighted by atomic mass is 16.1. The number of nitrogen functional groups attached to an aromatic ring is 1. The zero-order chi connectivity index (χ0) is 16.4. The van der Waals surface area contributed by atoms with Gasteiger partial charge in [0.25, 0.3) is 0 Å². The zero-order valence-corrected chi connectivity index (χ0v) is 13.2. The van der Waals surface area contributed by atoms with Gasteiger partial charge >= 0.3 is 0 Å². The van der Waals surface area contributed by atoms with Crippen LogP contribution in [-0.2, 0) is 6.42 Å². The van der Waals surface area contributed by atoms with Crippen molar-refractivity contribution in [3.8, 4) is 5.95 Å². The number of carbonyl (C=O) groups is 1. The maximum absolute atomic E-state index is 12.5. The Balaban J connectivity index is 1.94. The van der Waals surface area contributed by atoms with Crippen LogP contribution in [0.2, 0.25) is 0 Å². The van der Waals surface area contributed by atoms with Crippen molar-refractivity contribution in [3.05, 3.63) is 23.3 Å². The van der Waals surface area contributed by atoms with Gasteiger partial charge in [-0.05, 0) is 18.8 Å². The summed E-state index contributed by atoms with van der Waals surface area (Å²) in [5.41, 5.74) is 9.13. The fourth-order valence-corrected chi connectivity index (χ4v) is 3.25. The quantitative estimate of drug-likeness (QED) is 0.705. The van der Waals surface area contributed by atoms with Crippen molar-refractivity contribution < 1.29 is 4.79 Å². The molecule has 23 heavy (non-hydrogen) atoms. The van der Waals surface area contributed by atoms with Crippen molar-refractivity contribution in [2.24, 2.45) is 5.41 Å². The Morgan fingerprint density at radius 2 is 2.09 bits per heavy atom. The van der Waals surface area contributed by atoms with Crippen molar-refractivity contribution in [1.29, 1.82) is 0 Å². The number of H-pyrrole nitrogens is 1. The predicted molar refractivity (Wildman–Crippen MR) is 84.4 cm³/mol. The summed E-state index contributed by atoms with van der Waals surface area (Å²) in [4.78, 5) is 28.1. The number of carbonyl (C=O) groups excluding carboxylic acids is 1. The predicted octanol–water partition coefficient (Wildman–Crippen LogP) is 1.58. The summed E-state index contributed by atoms with van der Waals surface area (Å²) in [5, 5.41) is 4.52. The molecule has 0 saturated carbocycles. The van der Waals surface area contributed by atoms with Crippen LogP contribution in [0.3, 0.4) is 0 Å². The molecule has 0 fully saturated rings. The summed E-state index contributed by atoms with van der Waals surface area (Å²) < 4.78 is 1.70. The molecule has 0 atom stereocenters. The molecule has 8 nitrogen and oxygen atoms in total. The largest absolute Gasteiger partial charge is 0.382 e. The Morgan fingerprint density at radius 1 is 1.30 bits per heavy atom. The molecule has 0 bridgehead atoms. The van der Waals surface area contributed by atoms with Crippen LogP contribution in [0.5, 0.6) is 0 Å². The van der Waals surface area contributed by atoms with E-state index in [1.165, 1.54) is 6.33 Å². The standard InChI is InChI=1S/C15H17N7O/c1-7-10-8(4-15(2,3)5-9(10)23)22(21-7)14-19-11-12(16)17-6-18-13(11)20-14/h6H,4-5H2,1-3H3,(H3,16,17,18,19,20). The minimum atomic E-state index is -0.0981. The molecular weight excluding hydrogens is 294 g/mol. The average molecular weight is 311 g/mol. The fraction of sp³-hybridized carbons (Fsp3) is 0.400. The molecule has 4 rings (SSSR count). The van der Waals surface area contributed by atoms with Gasteiger partial charge in [0.2, 0.25) is 5.95 Å². The summed E-state index contributed by atoms with van der Waals surface area (Å²) in [5.74, 6) is 0.973. The third-order valence-electron chi connectivity index (χ3n) is 4.23. The first-order valence-corrected chi connectivity index (χ1v) is 7.44. The minimum absolute atomic E-state index is 0.0981. The minimum Gasteiger partial charge on any atom is -0.382 e. The average Bonchev–Trinajstić information content (AvgIpc) is 3.00. The zero-order valence-electron chi connectivity index (χ0n) is 13.2. The van der Waals surface area contributed by atoms with E-state index in [0.29, 0.717) is 34.9 Å². The summed E-state index contributed by atoms with van der Waals surface area (Å²) in [6.45, 7) is 6.02. The van der Waals surface area contributed by atoms with Crippen LogP contribution in [0.4, 0.5) is 5.82 Å². The number of nitrogens with zero attached hydrogens (tertiary/aromatic N) is 5. The van der Waals surface area contributed by atoms with E-state index in [1.807, 2.05) is 6.92 Å². The summed E-state index contributed by atoms with van der Waals surface area (Å²) >= 11 is 0. The van der Waals surface area contributed by atoms with E-state index in [2.05, 4.69) is 38.9 Å². The number of nitrogens with two attached hydrogens (primary N) is 1. The Bertz CT molecular complexity index is 950. The van der Waals surface area contributed by atoms with E-state index in [-0.39, 0.29) is 11.2 Å². The van der Waals surface area contributed by atoms with Gasteiger partial charge in [-0.3, -0.25) is 4.79 Å². The monoisotopic (exact) mass is 311 g/mol. The summed E-state index contributed by atoms with van der Waals surface area (Å²) in [6.07, 6.45) is 2.66. The number of Topliss-reactive ketones (excluding diaryl/α,β-unsaturated/α-hetero) is 1. The number of aryl methyl sites for hydroxylation is 1. The topological polar surface area (TPSA) is 115 Å². The highest BCUT2D eigenvalue weighted by Gasteiger charge is 2.36. The molecule has 0 aromatic carbocycles. The van der Waals surface area contributed by atoms with Crippen molar-refractivity contribution in [3.63, 3.8) is 0 Å². The molecule has 3 aromatic heterocycles. The number of anilines is 1. The number of nitrogens with one attached hydrogen (secondary N) is 1. The van der Waals surface area contributed by atoms with Crippen LogP contribution in [0, 0.1) is 12.3 Å². The van der Waals surface area contributed by atoms with E-state index in [9.17, 15) is 4.79 Å². The van der Waals surface area contributed by atoms with Gasteiger partial charge in [-0.2, -0.15) is 10.1 Å². The number of aromatic nitrogens is 6. The van der Waals surface area contributed by atoms with Crippen LogP contribution in [0.25, 0.3) is 17.1 Å². The number of fused-ring (bicyclic) bond motifs is 2. The number of aromatic amines is 1. The SMILES string of the molecule is Cc1nn(-c2nc3ncnc(N)c3[nH]2)c2c1C(=O)CC(C)(C)C2. The molecule has 118 valence electrons. The molecule has 0 unspecified atom stereocenters. The van der Waals surface area contributed by atoms with Crippen molar-refractivity contribution in [1.82, 2.24) is 29.7 Å². The van der Waals surface area contributed by atoms with Crippen molar-refractivity contribution >= 4 is 22.8 Å². The highest BCUT2D eigenvalue weighted by molar-refractivity contribution is 5.99. The van der Waals surface area contributed by atoms with Crippen LogP contribution in [0.1, 0.15) is 42.0 Å². The van der Waals surface area contributed by atoms with Crippen LogP contribution in [0.15, 0.2) is 6.33 Å². The summed E-state index contributed by atoms with van der Waals surface area (Å²) in [6, 6.07) is 0. The lowest BCUT2D eigenvalue weighted by molar-refractivity contribution is 0.0910. The molecule has 0 spiro atoms. The lowest BCUT2D eigenvalue weighted by Gasteiger charge is -2.28. The van der Waals surface area contributed by atoms with Crippen molar-refractivity contribution in [2.75, 3.05) is 5.73 Å². The highest BCUT2D eigenvalue weighted by Crippen LogP contribution is 2.36. The summed E-state index contributed by atoms with van der Waals surface area (Å²) in [7, 11) is 0. The molecular formula is C15H17N7O. The Kier molecular flexibility index (Phi) is 2.64. The van der Waals surface area contributed by atoms with E-state index < -0.39 is 0 Å². The van der Waals surface area contributed by atoms with Gasteiger partial charge in [-0.1, -0.05) is 13.8 Å². The van der Waals surface area contributed by atoms with Gasteiger partial charge in [0.15, 0.2) is 17.2 Å². The van der Waals surface area contributed by atoms with Gasteiger partial charge in [0.05, 0.1) is 17.0 Å². The third-order valence-corrected chi connectivity index (χ3v) is 4.23. The number of hydrogen-bond acceptors (Lipinski definition) is 6. The van der Waals surface area contributed by atoms with Crippen LogP contribution < -0.4 is 5.73 Å². The molecule has 3 heterocycles. The maximum Gasteiger partial charge on any atom is 0.230 e. The van der Waals surface area contributed by atoms with Gasteiger partial charge in [0, 0.05) is 6.42 Å². The number of rotatable bonds is 1. The van der Waals surface area contributed by atoms with Gasteiger partial charge < -0.3 is 10.7 Å². The van der Waals surface area contributed by atoms with E-state index in [4.69, 9.17) is 5.73 Å². The molecule has 8 heteroatoms. The number of ketones is 1. The van der Waals surface area contributed by atoms with E-state index in [1.54, 1.807) is 4.68 Å². The van der Waals surface area contributed by atoms with Gasteiger partial charge in [-0.15, -0.1) is 0 Å². The molecule has 1 aliphatic rings. The smallest absolute Gasteiger partial charge is 0.230 e. The van der Waals surface area contributed by atoms with Gasteiger partial charge in [-0.25, -0.2) is 14.6 Å². The Labute approximate surface area is 132 Å². The third kappa shape index (κ3) is 2.01. The molecule has 0 amide bonds. The lowest BCUT2D eigenvalue weighted by atomic mass is 9.75. The molecule has 3 N–H and O–H groups in total. The van der Waals surface area contributed by atoms with E-state index >= 15 is 0 Å². The molecule has 3 aromatic rings. The normalized spacial score (nSPS) is 16.7. The Morgan fingerprint density at radius 3 is 2.83 bits per heavy atom. The molecule has 0 saturated heterocycles. The first-order chi connectivity index (χ1) is 10.9. The molecule has 0 aliphatic heterocycles. The van der Waals surface area contributed by atoms with Crippen LogP contribution >= 0.6 is 0 Å². The maximum atomic E-state index is 12.5. The lowest BCUT2D eigenvalue weighted by Crippen LogP contribution is -2.28. The van der Waals surface area contributed by atoms with E-state index in [0.717, 1.165) is 17.8 Å². The molecule has 0 radical (unpaired) electrons. The van der Waals surface area contributed by atoms with Gasteiger partial charge in [0.1, 0.15) is 11.8 Å². The fourth-order valence-electron chi connectivity index (χ4n) is 3.25. The second-order valence-electron chi connectivity index (χ2n) is 6.78. The number of hydrogen-bond donors (Lipinski definition) is 2. The van der Waals surface area contributed by atoms with Crippen LogP contribution in [-0.4, -0.2) is 35.5 Å². The van der Waals surface area contributed by atoms with Crippen molar-refractivity contribution in [2.45, 2.75) is 33.6 Å². The second kappa shape index (κ2) is 4.37.